The van der Waals surface area contributed by atoms with E-state index in [-0.39, 0.29) is 18.2 Å². The summed E-state index contributed by atoms with van der Waals surface area (Å²) in [5, 5.41) is 3.07. The summed E-state index contributed by atoms with van der Waals surface area (Å²) >= 11 is 0. The molecule has 6 nitrogen and oxygen atoms in total. The molecule has 1 aromatic carbocycles. The van der Waals surface area contributed by atoms with E-state index in [0.29, 0.717) is 37.8 Å². The highest BCUT2D eigenvalue weighted by molar-refractivity contribution is 5.80. The molecular formula is C17H21F3N6. The van der Waals surface area contributed by atoms with E-state index >= 15 is 0 Å². The Labute approximate surface area is 150 Å². The van der Waals surface area contributed by atoms with E-state index in [4.69, 9.17) is 0 Å². The van der Waals surface area contributed by atoms with Crippen LogP contribution in [0.3, 0.4) is 0 Å². The van der Waals surface area contributed by atoms with Gasteiger partial charge in [0.05, 0.1) is 12.2 Å². The third-order valence-electron chi connectivity index (χ3n) is 4.35. The molecule has 1 aliphatic heterocycles. The van der Waals surface area contributed by atoms with Gasteiger partial charge < -0.3 is 15.1 Å². The topological polar surface area (TPSA) is 48.7 Å². The van der Waals surface area contributed by atoms with Gasteiger partial charge in [0.15, 0.2) is 5.96 Å². The van der Waals surface area contributed by atoms with E-state index < -0.39 is 6.55 Å². The summed E-state index contributed by atoms with van der Waals surface area (Å²) in [4.78, 5) is 12.2. The van der Waals surface area contributed by atoms with Crippen molar-refractivity contribution in [3.63, 3.8) is 0 Å². The molecule has 0 spiro atoms. The van der Waals surface area contributed by atoms with Crippen LogP contribution in [0.25, 0.3) is 0 Å². The number of guanidine groups is 1. The smallest absolute Gasteiger partial charge is 0.319 e. The number of hydrogen-bond donors (Lipinski definition) is 1. The molecule has 1 aliphatic rings. The van der Waals surface area contributed by atoms with Crippen LogP contribution in [0.1, 0.15) is 12.4 Å². The molecule has 26 heavy (non-hydrogen) atoms. The highest BCUT2D eigenvalue weighted by Crippen LogP contribution is 2.20. The minimum absolute atomic E-state index is 0.150. The SMILES string of the molecule is CN=C(NCc1nccn1C(F)F)N1CCN(c2ccccc2F)CC1. The minimum Gasteiger partial charge on any atom is -0.366 e. The average Bonchev–Trinajstić information content (AvgIpc) is 3.12. The summed E-state index contributed by atoms with van der Waals surface area (Å²) in [6.07, 6.45) is 2.59. The Balaban J connectivity index is 1.57. The van der Waals surface area contributed by atoms with Crippen LogP contribution in [0.5, 0.6) is 0 Å². The Morgan fingerprint density at radius 1 is 1.23 bits per heavy atom. The summed E-state index contributed by atoms with van der Waals surface area (Å²) in [5.41, 5.74) is 0.592. The molecule has 3 rings (SSSR count). The van der Waals surface area contributed by atoms with E-state index in [1.54, 1.807) is 19.2 Å². The van der Waals surface area contributed by atoms with E-state index in [1.165, 1.54) is 18.5 Å². The number of aromatic nitrogens is 2. The summed E-state index contributed by atoms with van der Waals surface area (Å²) in [6.45, 7) is 0.118. The van der Waals surface area contributed by atoms with Crippen molar-refractivity contribution in [2.45, 2.75) is 13.1 Å². The van der Waals surface area contributed by atoms with Crippen LogP contribution in [0, 0.1) is 5.82 Å². The van der Waals surface area contributed by atoms with Gasteiger partial charge in [0, 0.05) is 45.6 Å². The molecule has 140 valence electrons. The van der Waals surface area contributed by atoms with Crippen molar-refractivity contribution in [1.82, 2.24) is 19.8 Å². The van der Waals surface area contributed by atoms with Crippen molar-refractivity contribution in [2.24, 2.45) is 4.99 Å². The summed E-state index contributed by atoms with van der Waals surface area (Å²) in [6, 6.07) is 6.70. The fourth-order valence-electron chi connectivity index (χ4n) is 3.02. The van der Waals surface area contributed by atoms with Crippen LogP contribution in [-0.2, 0) is 6.54 Å². The predicted octanol–water partition coefficient (Wildman–Crippen LogP) is 2.31. The van der Waals surface area contributed by atoms with Gasteiger partial charge in [-0.1, -0.05) is 12.1 Å². The molecule has 1 N–H and O–H groups in total. The van der Waals surface area contributed by atoms with Gasteiger partial charge in [0.25, 0.3) is 0 Å². The lowest BCUT2D eigenvalue weighted by molar-refractivity contribution is 0.0668. The number of nitrogens with one attached hydrogen (secondary N) is 1. The molecule has 2 heterocycles. The van der Waals surface area contributed by atoms with Crippen molar-refractivity contribution in [1.29, 1.82) is 0 Å². The zero-order valence-corrected chi connectivity index (χ0v) is 14.4. The number of nitrogens with zero attached hydrogens (tertiary/aromatic N) is 5. The molecule has 9 heteroatoms. The largest absolute Gasteiger partial charge is 0.366 e. The van der Waals surface area contributed by atoms with Crippen LogP contribution in [0.15, 0.2) is 41.7 Å². The van der Waals surface area contributed by atoms with Gasteiger partial charge in [-0.05, 0) is 12.1 Å². The average molecular weight is 366 g/mol. The molecule has 1 fully saturated rings. The van der Waals surface area contributed by atoms with Gasteiger partial charge in [-0.15, -0.1) is 0 Å². The molecule has 0 amide bonds. The third-order valence-corrected chi connectivity index (χ3v) is 4.35. The number of halogens is 3. The fraction of sp³-hybridized carbons (Fsp3) is 0.412. The molecule has 1 aromatic heterocycles. The highest BCUT2D eigenvalue weighted by Gasteiger charge is 2.22. The van der Waals surface area contributed by atoms with Crippen molar-refractivity contribution in [3.8, 4) is 0 Å². The first-order chi connectivity index (χ1) is 12.6. The molecule has 0 radical (unpaired) electrons. The lowest BCUT2D eigenvalue weighted by atomic mass is 10.2. The van der Waals surface area contributed by atoms with Gasteiger partial charge in [0.1, 0.15) is 11.6 Å². The fourth-order valence-corrected chi connectivity index (χ4v) is 3.02. The highest BCUT2D eigenvalue weighted by atomic mass is 19.3. The van der Waals surface area contributed by atoms with Gasteiger partial charge in [-0.2, -0.15) is 8.78 Å². The maximum atomic E-state index is 13.9. The number of benzene rings is 1. The normalized spacial score (nSPS) is 15.7. The van der Waals surface area contributed by atoms with E-state index in [2.05, 4.69) is 15.3 Å². The summed E-state index contributed by atoms with van der Waals surface area (Å²) in [5.74, 6) is 0.621. The summed E-state index contributed by atoms with van der Waals surface area (Å²) < 4.78 is 40.5. The maximum absolute atomic E-state index is 13.9. The van der Waals surface area contributed by atoms with E-state index in [0.717, 1.165) is 4.57 Å². The van der Waals surface area contributed by atoms with Gasteiger partial charge in [0.2, 0.25) is 0 Å². The second-order valence-electron chi connectivity index (χ2n) is 5.85. The van der Waals surface area contributed by atoms with Crippen LogP contribution in [0.4, 0.5) is 18.9 Å². The first-order valence-corrected chi connectivity index (χ1v) is 8.35. The Morgan fingerprint density at radius 3 is 2.62 bits per heavy atom. The number of aliphatic imine (C=N–C) groups is 1. The van der Waals surface area contributed by atoms with Crippen molar-refractivity contribution in [2.75, 3.05) is 38.1 Å². The number of piperazine rings is 1. The number of alkyl halides is 2. The first-order valence-electron chi connectivity index (χ1n) is 8.35. The molecule has 0 aliphatic carbocycles. The molecule has 0 atom stereocenters. The third kappa shape index (κ3) is 3.92. The van der Waals surface area contributed by atoms with Gasteiger partial charge in [-0.25, -0.2) is 9.37 Å². The second-order valence-corrected chi connectivity index (χ2v) is 5.85. The lowest BCUT2D eigenvalue weighted by Gasteiger charge is -2.37. The lowest BCUT2D eigenvalue weighted by Crippen LogP contribution is -2.52. The van der Waals surface area contributed by atoms with Crippen LogP contribution in [-0.4, -0.2) is 53.6 Å². The Morgan fingerprint density at radius 2 is 1.96 bits per heavy atom. The van der Waals surface area contributed by atoms with Crippen molar-refractivity contribution >= 4 is 11.6 Å². The molecule has 0 saturated carbocycles. The van der Waals surface area contributed by atoms with E-state index in [1.807, 2.05) is 15.9 Å². The second kappa shape index (κ2) is 8.11. The van der Waals surface area contributed by atoms with Crippen molar-refractivity contribution in [3.05, 3.63) is 48.3 Å². The standard InChI is InChI=1S/C17H21F3N6/c1-21-17(23-12-15-22-6-7-26(15)16(19)20)25-10-8-24(9-11-25)14-5-3-2-4-13(14)18/h2-7,16H,8-12H2,1H3,(H,21,23). The Hall–Kier alpha value is -2.71. The molecule has 2 aromatic rings. The van der Waals surface area contributed by atoms with E-state index in [9.17, 15) is 13.2 Å². The quantitative estimate of drug-likeness (QED) is 0.667. The zero-order chi connectivity index (χ0) is 18.5. The monoisotopic (exact) mass is 366 g/mol. The van der Waals surface area contributed by atoms with Crippen molar-refractivity contribution < 1.29 is 13.2 Å². The number of para-hydroxylation sites is 1. The minimum atomic E-state index is -2.62. The van der Waals surface area contributed by atoms with Crippen LogP contribution in [0.2, 0.25) is 0 Å². The molecule has 0 bridgehead atoms. The molecular weight excluding hydrogens is 345 g/mol. The molecule has 1 saturated heterocycles. The van der Waals surface area contributed by atoms with Gasteiger partial charge in [-0.3, -0.25) is 9.56 Å². The van der Waals surface area contributed by atoms with Gasteiger partial charge >= 0.3 is 6.55 Å². The molecule has 0 unspecified atom stereocenters. The zero-order valence-electron chi connectivity index (χ0n) is 14.4. The number of imidazole rings is 1. The maximum Gasteiger partial charge on any atom is 0.319 e. The van der Waals surface area contributed by atoms with Crippen LogP contribution < -0.4 is 10.2 Å². The Bertz CT molecular complexity index is 752. The Kier molecular flexibility index (Phi) is 5.65. The number of hydrogen-bond acceptors (Lipinski definition) is 3. The van der Waals surface area contributed by atoms with Crippen LogP contribution >= 0.6 is 0 Å². The number of rotatable bonds is 4. The number of anilines is 1. The predicted molar refractivity (Wildman–Crippen MR) is 93.9 cm³/mol. The summed E-state index contributed by atoms with van der Waals surface area (Å²) in [7, 11) is 1.64. The first kappa shape index (κ1) is 18.1.